The highest BCUT2D eigenvalue weighted by molar-refractivity contribution is 6.20. The maximum atomic E-state index is 14.5. The number of aromatic hydroxyl groups is 1. The van der Waals surface area contributed by atoms with Gasteiger partial charge in [-0.25, -0.2) is 4.79 Å². The van der Waals surface area contributed by atoms with Gasteiger partial charge in [0.2, 0.25) is 11.8 Å². The third-order valence-corrected chi connectivity index (χ3v) is 12.0. The summed E-state index contributed by atoms with van der Waals surface area (Å²) >= 11 is 13.0. The van der Waals surface area contributed by atoms with Crippen LogP contribution in [0.4, 0.5) is 16.2 Å². The molecule has 2 heterocycles. The van der Waals surface area contributed by atoms with Crippen LogP contribution in [0.1, 0.15) is 42.2 Å². The van der Waals surface area contributed by atoms with Crippen LogP contribution in [0.3, 0.4) is 0 Å². The predicted molar refractivity (Wildman–Crippen MR) is 193 cm³/mol. The average Bonchev–Trinajstić information content (AvgIpc) is 3.66. The fourth-order valence-electron chi connectivity index (χ4n) is 9.07. The van der Waals surface area contributed by atoms with Crippen LogP contribution < -0.4 is 19.3 Å². The largest absolute Gasteiger partial charge is 0.519 e. The molecule has 8 nitrogen and oxygen atoms in total. The van der Waals surface area contributed by atoms with E-state index in [2.05, 4.69) is 0 Å². The molecule has 5 aromatic rings. The van der Waals surface area contributed by atoms with E-state index in [-0.39, 0.29) is 35.1 Å². The van der Waals surface area contributed by atoms with Crippen LogP contribution in [-0.2, 0) is 9.59 Å². The van der Waals surface area contributed by atoms with E-state index in [0.29, 0.717) is 61.2 Å². The number of ether oxygens (including phenoxy) is 2. The van der Waals surface area contributed by atoms with Crippen LogP contribution in [0, 0.1) is 10.8 Å². The third-order valence-electron chi connectivity index (χ3n) is 11.2. The van der Waals surface area contributed by atoms with Crippen LogP contribution in [0.25, 0.3) is 21.5 Å². The first-order valence-electron chi connectivity index (χ1n) is 16.8. The van der Waals surface area contributed by atoms with Crippen LogP contribution >= 0.6 is 23.2 Å². The molecule has 50 heavy (non-hydrogen) atoms. The Kier molecular flexibility index (Phi) is 7.10. The number of rotatable bonds is 6. The highest BCUT2D eigenvalue weighted by atomic mass is 35.5. The molecule has 5 aliphatic rings. The highest BCUT2D eigenvalue weighted by Crippen LogP contribution is 2.75. The predicted octanol–water partition coefficient (Wildman–Crippen LogP) is 8.48. The van der Waals surface area contributed by atoms with Gasteiger partial charge in [0.25, 0.3) is 0 Å². The molecule has 10 heteroatoms. The summed E-state index contributed by atoms with van der Waals surface area (Å²) in [5, 5.41) is 14.1. The molecule has 3 aliphatic carbocycles. The molecule has 1 N–H and O–H groups in total. The van der Waals surface area contributed by atoms with E-state index in [0.717, 1.165) is 32.7 Å². The van der Waals surface area contributed by atoms with Gasteiger partial charge in [0.05, 0.1) is 22.2 Å². The van der Waals surface area contributed by atoms with E-state index < -0.39 is 17.0 Å². The molecule has 3 saturated carbocycles. The first-order valence-corrected chi connectivity index (χ1v) is 17.8. The molecule has 2 bridgehead atoms. The maximum Gasteiger partial charge on any atom is 0.519 e. The van der Waals surface area contributed by atoms with Gasteiger partial charge in [-0.05, 0) is 53.3 Å². The third kappa shape index (κ3) is 4.47. The lowest BCUT2D eigenvalue weighted by Gasteiger charge is -2.69. The second kappa shape index (κ2) is 11.4. The Bertz CT molecular complexity index is 2240. The van der Waals surface area contributed by atoms with Gasteiger partial charge >= 0.3 is 6.16 Å². The molecule has 0 aromatic heterocycles. The molecule has 2 atom stereocenters. The summed E-state index contributed by atoms with van der Waals surface area (Å²) in [6.45, 7) is 0.832. The number of para-hydroxylation sites is 1. The fourth-order valence-corrected chi connectivity index (χ4v) is 9.57. The summed E-state index contributed by atoms with van der Waals surface area (Å²) in [7, 11) is 0. The zero-order chi connectivity index (χ0) is 34.4. The monoisotopic (exact) mass is 706 g/mol. The molecular weight excluding hydrogens is 675 g/mol. The number of fused-ring (bicyclic) bond motifs is 6. The Hall–Kier alpha value is -4.79. The van der Waals surface area contributed by atoms with Crippen molar-refractivity contribution >= 4 is 74.1 Å². The van der Waals surface area contributed by atoms with Crippen molar-refractivity contribution in [2.75, 3.05) is 34.6 Å². The summed E-state index contributed by atoms with van der Waals surface area (Å²) in [6, 6.07) is 27.4. The van der Waals surface area contributed by atoms with Gasteiger partial charge in [-0.3, -0.25) is 9.59 Å². The molecule has 10 rings (SSSR count). The zero-order valence-electron chi connectivity index (χ0n) is 26.9. The smallest absolute Gasteiger partial charge is 0.507 e. The summed E-state index contributed by atoms with van der Waals surface area (Å²) < 4.78 is 11.2. The first-order chi connectivity index (χ1) is 24.3. The quantitative estimate of drug-likeness (QED) is 0.108. The molecule has 252 valence electrons. The molecule has 0 radical (unpaired) electrons. The van der Waals surface area contributed by atoms with Crippen molar-refractivity contribution in [3.05, 3.63) is 102 Å². The molecule has 3 fully saturated rings. The van der Waals surface area contributed by atoms with Crippen LogP contribution in [0.15, 0.2) is 91.0 Å². The Labute approximate surface area is 298 Å². The second-order valence-corrected chi connectivity index (χ2v) is 14.7. The minimum Gasteiger partial charge on any atom is -0.507 e. The van der Waals surface area contributed by atoms with E-state index in [1.165, 1.54) is 0 Å². The fraction of sp³-hybridized carbons (Fsp3) is 0.275. The number of carbonyl (C=O) groups excluding carboxylic acids is 3. The van der Waals surface area contributed by atoms with Gasteiger partial charge in [-0.2, -0.15) is 0 Å². The number of phenols is 1. The minimum atomic E-state index is -0.882. The van der Waals surface area contributed by atoms with Crippen molar-refractivity contribution in [3.8, 4) is 17.2 Å². The Morgan fingerprint density at radius 3 is 1.70 bits per heavy atom. The number of hydrogen-bond donors (Lipinski definition) is 1. The molecule has 0 unspecified atom stereocenters. The number of carbonyl (C=O) groups is 3. The molecule has 2 aliphatic heterocycles. The standard InChI is InChI=1S/C40H32Cl2N2O6/c41-16-23-18-43(30-14-32(45)26-10-4-6-12-28(26)34(23)30)36(46)39-20-40(21-39,22-39)37(47)44-19-24(17-42)35-29-13-7-5-11-27(29)33(15-31(35)44)50-38(48)49-25-8-2-1-3-9-25/h1-15,23-24,45H,16-22H2/t23-,24-,39?,40?/m1/s1. The first kappa shape index (κ1) is 31.2. The lowest BCUT2D eigenvalue weighted by atomic mass is 9.34. The zero-order valence-corrected chi connectivity index (χ0v) is 28.4. The van der Waals surface area contributed by atoms with Crippen molar-refractivity contribution in [2.24, 2.45) is 10.8 Å². The van der Waals surface area contributed by atoms with Crippen LogP contribution in [0.5, 0.6) is 17.2 Å². The number of halogens is 2. The van der Waals surface area contributed by atoms with Gasteiger partial charge in [0, 0.05) is 59.6 Å². The topological polar surface area (TPSA) is 96.4 Å². The van der Waals surface area contributed by atoms with Gasteiger partial charge < -0.3 is 24.4 Å². The maximum absolute atomic E-state index is 14.5. The SMILES string of the molecule is O=C(Oc1ccccc1)Oc1cc2c(c3ccccc13)[C@H](CCl)CN2C(=O)C12CC(C(=O)N3C[C@@H](CCl)c4c3cc(O)c3ccccc43)(C1)C2. The minimum absolute atomic E-state index is 0.0187. The van der Waals surface area contributed by atoms with E-state index >= 15 is 0 Å². The molecular formula is C40H32Cl2N2O6. The Morgan fingerprint density at radius 2 is 1.14 bits per heavy atom. The molecule has 0 spiro atoms. The van der Waals surface area contributed by atoms with Crippen molar-refractivity contribution in [1.29, 1.82) is 0 Å². The van der Waals surface area contributed by atoms with Gasteiger partial charge in [-0.15, -0.1) is 23.2 Å². The Balaban J connectivity index is 0.992. The van der Waals surface area contributed by atoms with Crippen molar-refractivity contribution in [1.82, 2.24) is 0 Å². The summed E-state index contributed by atoms with van der Waals surface area (Å²) in [4.78, 5) is 45.2. The number of benzene rings is 5. The molecule has 0 saturated heterocycles. The number of alkyl halides is 2. The number of hydrogen-bond acceptors (Lipinski definition) is 6. The van der Waals surface area contributed by atoms with Gasteiger partial charge in [0.1, 0.15) is 17.2 Å². The number of phenolic OH excluding ortho intramolecular Hbond substituents is 1. The van der Waals surface area contributed by atoms with Crippen molar-refractivity contribution < 1.29 is 29.0 Å². The van der Waals surface area contributed by atoms with Crippen molar-refractivity contribution in [3.63, 3.8) is 0 Å². The number of anilines is 2. The van der Waals surface area contributed by atoms with Crippen LogP contribution in [-0.4, -0.2) is 47.9 Å². The average molecular weight is 708 g/mol. The second-order valence-electron chi connectivity index (χ2n) is 14.1. The van der Waals surface area contributed by atoms with Gasteiger partial charge in [0.15, 0.2) is 0 Å². The highest BCUT2D eigenvalue weighted by Gasteiger charge is 2.76. The van der Waals surface area contributed by atoms with E-state index in [1.54, 1.807) is 46.2 Å². The number of amides is 2. The van der Waals surface area contributed by atoms with Crippen LogP contribution in [0.2, 0.25) is 0 Å². The van der Waals surface area contributed by atoms with Crippen molar-refractivity contribution in [2.45, 2.75) is 31.1 Å². The summed E-state index contributed by atoms with van der Waals surface area (Å²) in [6.07, 6.45) is 0.470. The number of nitrogens with zero attached hydrogens (tertiary/aromatic N) is 2. The van der Waals surface area contributed by atoms with E-state index in [9.17, 15) is 19.5 Å². The molecule has 2 amide bonds. The van der Waals surface area contributed by atoms with E-state index in [1.807, 2.05) is 54.6 Å². The van der Waals surface area contributed by atoms with Gasteiger partial charge in [-0.1, -0.05) is 66.7 Å². The van der Waals surface area contributed by atoms with E-state index in [4.69, 9.17) is 32.7 Å². The lowest BCUT2D eigenvalue weighted by Crippen LogP contribution is -2.73. The summed E-state index contributed by atoms with van der Waals surface area (Å²) in [5.74, 6) is 1.18. The summed E-state index contributed by atoms with van der Waals surface area (Å²) in [5.41, 5.74) is 1.99. The lowest BCUT2D eigenvalue weighted by molar-refractivity contribution is -0.204. The Morgan fingerprint density at radius 1 is 0.660 bits per heavy atom. The molecule has 5 aromatic carbocycles. The normalized spacial score (nSPS) is 24.4.